The number of carbonyl (C=O) groups excluding carboxylic acids is 1. The van der Waals surface area contributed by atoms with E-state index < -0.39 is 0 Å². The molecular weight excluding hydrogens is 329 g/mol. The van der Waals surface area contributed by atoms with Crippen LogP contribution in [0.25, 0.3) is 22.0 Å². The van der Waals surface area contributed by atoms with Crippen LogP contribution in [0.5, 0.6) is 0 Å². The van der Waals surface area contributed by atoms with Crippen LogP contribution in [0.4, 0.5) is 0 Å². The van der Waals surface area contributed by atoms with Gasteiger partial charge in [-0.3, -0.25) is 4.79 Å². The standard InChI is InChI=1S/C16H8Cl3NO/c17-9-5-6-12(14(18)7-9)15-11-4-2-1-3-10(11)13(8-21)16(19)20-15/h1-8H. The second-order valence-corrected chi connectivity index (χ2v) is 5.65. The first-order valence-electron chi connectivity index (χ1n) is 6.10. The molecule has 0 saturated heterocycles. The highest BCUT2D eigenvalue weighted by Gasteiger charge is 2.15. The number of pyridine rings is 1. The molecule has 0 bridgehead atoms. The molecule has 0 amide bonds. The van der Waals surface area contributed by atoms with E-state index in [0.29, 0.717) is 27.6 Å². The third-order valence-electron chi connectivity index (χ3n) is 3.21. The number of fused-ring (bicyclic) bond motifs is 1. The van der Waals surface area contributed by atoms with Crippen molar-refractivity contribution in [3.05, 3.63) is 63.2 Å². The third-order valence-corrected chi connectivity index (χ3v) is 4.04. The van der Waals surface area contributed by atoms with Crippen LogP contribution in [0.3, 0.4) is 0 Å². The topological polar surface area (TPSA) is 30.0 Å². The van der Waals surface area contributed by atoms with E-state index in [4.69, 9.17) is 34.8 Å². The van der Waals surface area contributed by atoms with Crippen LogP contribution < -0.4 is 0 Å². The van der Waals surface area contributed by atoms with Crippen LogP contribution in [0, 0.1) is 0 Å². The predicted octanol–water partition coefficient (Wildman–Crippen LogP) is 5.67. The van der Waals surface area contributed by atoms with Crippen molar-refractivity contribution < 1.29 is 4.79 Å². The van der Waals surface area contributed by atoms with Crippen molar-refractivity contribution in [2.45, 2.75) is 0 Å². The monoisotopic (exact) mass is 335 g/mol. The average molecular weight is 337 g/mol. The summed E-state index contributed by atoms with van der Waals surface area (Å²) in [6.07, 6.45) is 0.713. The Bertz CT molecular complexity index is 862. The predicted molar refractivity (Wildman–Crippen MR) is 87.6 cm³/mol. The number of aldehydes is 1. The van der Waals surface area contributed by atoms with Crippen molar-refractivity contribution in [3.8, 4) is 11.3 Å². The first-order valence-corrected chi connectivity index (χ1v) is 7.24. The minimum Gasteiger partial charge on any atom is -0.298 e. The fourth-order valence-electron chi connectivity index (χ4n) is 2.25. The maximum Gasteiger partial charge on any atom is 0.153 e. The molecule has 0 saturated carbocycles. The van der Waals surface area contributed by atoms with E-state index in [1.807, 2.05) is 24.3 Å². The van der Waals surface area contributed by atoms with E-state index in [2.05, 4.69) is 4.98 Å². The zero-order chi connectivity index (χ0) is 15.0. The van der Waals surface area contributed by atoms with Gasteiger partial charge in [-0.05, 0) is 23.6 Å². The summed E-state index contributed by atoms with van der Waals surface area (Å²) >= 11 is 18.3. The fourth-order valence-corrected chi connectivity index (χ4v) is 2.98. The first kappa shape index (κ1) is 14.3. The second-order valence-electron chi connectivity index (χ2n) is 4.45. The SMILES string of the molecule is O=Cc1c(Cl)nc(-c2ccc(Cl)cc2Cl)c2ccccc12. The minimum atomic E-state index is 0.157. The summed E-state index contributed by atoms with van der Waals surface area (Å²) < 4.78 is 0. The summed E-state index contributed by atoms with van der Waals surface area (Å²) in [5.74, 6) is 0. The van der Waals surface area contributed by atoms with E-state index >= 15 is 0 Å². The highest BCUT2D eigenvalue weighted by molar-refractivity contribution is 6.37. The van der Waals surface area contributed by atoms with E-state index in [1.165, 1.54) is 0 Å². The minimum absolute atomic E-state index is 0.157. The molecule has 2 aromatic carbocycles. The Morgan fingerprint density at radius 1 is 0.952 bits per heavy atom. The Morgan fingerprint density at radius 3 is 2.33 bits per heavy atom. The van der Waals surface area contributed by atoms with Crippen LogP contribution in [0.1, 0.15) is 10.4 Å². The summed E-state index contributed by atoms with van der Waals surface area (Å²) in [6, 6.07) is 12.6. The highest BCUT2D eigenvalue weighted by atomic mass is 35.5. The highest BCUT2D eigenvalue weighted by Crippen LogP contribution is 2.36. The van der Waals surface area contributed by atoms with E-state index in [9.17, 15) is 4.79 Å². The van der Waals surface area contributed by atoms with Gasteiger partial charge in [-0.25, -0.2) is 4.98 Å². The number of aromatic nitrogens is 1. The lowest BCUT2D eigenvalue weighted by molar-refractivity contribution is 0.112. The lowest BCUT2D eigenvalue weighted by atomic mass is 10.0. The Kier molecular flexibility index (Phi) is 3.85. The molecule has 5 heteroatoms. The van der Waals surface area contributed by atoms with Crippen LogP contribution in [0.15, 0.2) is 42.5 Å². The number of hydrogen-bond donors (Lipinski definition) is 0. The van der Waals surface area contributed by atoms with Crippen molar-refractivity contribution in [1.82, 2.24) is 4.98 Å². The summed E-state index contributed by atoms with van der Waals surface area (Å²) in [7, 11) is 0. The van der Waals surface area contributed by atoms with Crippen LogP contribution >= 0.6 is 34.8 Å². The Hall–Kier alpha value is -1.61. The molecule has 1 aromatic heterocycles. The number of carbonyl (C=O) groups is 1. The molecule has 0 aliphatic carbocycles. The molecule has 3 aromatic rings. The van der Waals surface area contributed by atoms with Crippen molar-refractivity contribution in [2.75, 3.05) is 0 Å². The molecule has 0 spiro atoms. The van der Waals surface area contributed by atoms with Gasteiger partial charge in [0.15, 0.2) is 6.29 Å². The smallest absolute Gasteiger partial charge is 0.153 e. The Labute approximate surface area is 136 Å². The first-order chi connectivity index (χ1) is 10.1. The quantitative estimate of drug-likeness (QED) is 0.445. The number of hydrogen-bond acceptors (Lipinski definition) is 2. The van der Waals surface area contributed by atoms with Gasteiger partial charge in [0.2, 0.25) is 0 Å². The van der Waals surface area contributed by atoms with Gasteiger partial charge in [-0.15, -0.1) is 0 Å². The summed E-state index contributed by atoms with van der Waals surface area (Å²) in [5, 5.41) is 2.74. The van der Waals surface area contributed by atoms with Crippen LogP contribution in [0.2, 0.25) is 15.2 Å². The summed E-state index contributed by atoms with van der Waals surface area (Å²) in [6.45, 7) is 0. The molecule has 0 unspecified atom stereocenters. The maximum atomic E-state index is 11.2. The zero-order valence-electron chi connectivity index (χ0n) is 10.6. The molecule has 2 nitrogen and oxygen atoms in total. The van der Waals surface area contributed by atoms with E-state index in [1.54, 1.807) is 18.2 Å². The molecule has 0 atom stereocenters. The van der Waals surface area contributed by atoms with Gasteiger partial charge >= 0.3 is 0 Å². The molecule has 0 radical (unpaired) electrons. The van der Waals surface area contributed by atoms with Crippen molar-refractivity contribution >= 4 is 51.9 Å². The fraction of sp³-hybridized carbons (Fsp3) is 0. The lowest BCUT2D eigenvalue weighted by Crippen LogP contribution is -1.94. The van der Waals surface area contributed by atoms with E-state index in [0.717, 1.165) is 16.3 Å². The second kappa shape index (κ2) is 5.64. The molecular formula is C16H8Cl3NO. The van der Waals surface area contributed by atoms with Gasteiger partial charge in [-0.1, -0.05) is 59.1 Å². The Balaban J connectivity index is 2.41. The van der Waals surface area contributed by atoms with Gasteiger partial charge in [0.05, 0.1) is 16.3 Å². The molecule has 0 aliphatic heterocycles. The van der Waals surface area contributed by atoms with E-state index in [-0.39, 0.29) is 5.15 Å². The zero-order valence-corrected chi connectivity index (χ0v) is 12.9. The number of halogens is 3. The van der Waals surface area contributed by atoms with Crippen molar-refractivity contribution in [1.29, 1.82) is 0 Å². The molecule has 3 rings (SSSR count). The van der Waals surface area contributed by atoms with Crippen LogP contribution in [-0.4, -0.2) is 11.3 Å². The molecule has 21 heavy (non-hydrogen) atoms. The molecule has 0 aliphatic rings. The Morgan fingerprint density at radius 2 is 1.67 bits per heavy atom. The van der Waals surface area contributed by atoms with Gasteiger partial charge in [0, 0.05) is 16.0 Å². The number of nitrogens with zero attached hydrogens (tertiary/aromatic N) is 1. The van der Waals surface area contributed by atoms with Crippen LogP contribution in [-0.2, 0) is 0 Å². The third kappa shape index (κ3) is 2.51. The summed E-state index contributed by atoms with van der Waals surface area (Å²) in [4.78, 5) is 15.6. The largest absolute Gasteiger partial charge is 0.298 e. The maximum absolute atomic E-state index is 11.2. The van der Waals surface area contributed by atoms with Gasteiger partial charge in [0.25, 0.3) is 0 Å². The van der Waals surface area contributed by atoms with Crippen molar-refractivity contribution in [3.63, 3.8) is 0 Å². The lowest BCUT2D eigenvalue weighted by Gasteiger charge is -2.11. The number of benzene rings is 2. The number of rotatable bonds is 2. The van der Waals surface area contributed by atoms with Crippen molar-refractivity contribution in [2.24, 2.45) is 0 Å². The molecule has 0 N–H and O–H groups in total. The molecule has 0 fully saturated rings. The normalized spacial score (nSPS) is 10.8. The van der Waals surface area contributed by atoms with Gasteiger partial charge < -0.3 is 0 Å². The average Bonchev–Trinajstić information content (AvgIpc) is 2.47. The van der Waals surface area contributed by atoms with Gasteiger partial charge in [0.1, 0.15) is 5.15 Å². The van der Waals surface area contributed by atoms with Gasteiger partial charge in [-0.2, -0.15) is 0 Å². The molecule has 104 valence electrons. The molecule has 1 heterocycles. The summed E-state index contributed by atoms with van der Waals surface area (Å²) in [5.41, 5.74) is 1.72.